The molecule has 0 bridgehead atoms. The first-order valence-electron chi connectivity index (χ1n) is 8.42. The molecule has 1 aliphatic heterocycles. The van der Waals surface area contributed by atoms with Gasteiger partial charge in [0.05, 0.1) is 20.3 Å². The summed E-state index contributed by atoms with van der Waals surface area (Å²) in [5.74, 6) is 1.63. The summed E-state index contributed by atoms with van der Waals surface area (Å²) in [7, 11) is 1.64. The van der Waals surface area contributed by atoms with Crippen molar-refractivity contribution in [2.24, 2.45) is 0 Å². The maximum absolute atomic E-state index is 12.6. The molecule has 0 spiro atoms. The molecule has 1 saturated heterocycles. The van der Waals surface area contributed by atoms with E-state index in [1.54, 1.807) is 7.11 Å². The Balaban J connectivity index is 1.94. The van der Waals surface area contributed by atoms with Crippen molar-refractivity contribution in [1.29, 1.82) is 5.26 Å². The van der Waals surface area contributed by atoms with Gasteiger partial charge in [-0.3, -0.25) is 4.79 Å². The van der Waals surface area contributed by atoms with Crippen molar-refractivity contribution < 1.29 is 9.47 Å². The molecule has 4 rings (SSSR count). The summed E-state index contributed by atoms with van der Waals surface area (Å²) in [5, 5.41) is 9.57. The van der Waals surface area contributed by atoms with Crippen LogP contribution in [-0.4, -0.2) is 38.4 Å². The highest BCUT2D eigenvalue weighted by Gasteiger charge is 2.27. The number of pyridine rings is 1. The van der Waals surface area contributed by atoms with Gasteiger partial charge in [-0.1, -0.05) is 6.07 Å². The number of morpholine rings is 1. The van der Waals surface area contributed by atoms with Gasteiger partial charge in [-0.15, -0.1) is 0 Å². The summed E-state index contributed by atoms with van der Waals surface area (Å²) in [5.41, 5.74) is 3.76. The second-order valence-electron chi connectivity index (χ2n) is 6.27. The van der Waals surface area contributed by atoms with Crippen LogP contribution in [0.15, 0.2) is 23.0 Å². The number of nitrogens with zero attached hydrogens (tertiary/aromatic N) is 2. The van der Waals surface area contributed by atoms with Crippen LogP contribution in [-0.2, 0) is 17.6 Å². The predicted molar refractivity (Wildman–Crippen MR) is 94.2 cm³/mol. The van der Waals surface area contributed by atoms with E-state index in [0.29, 0.717) is 13.2 Å². The molecule has 6 heteroatoms. The molecular weight excluding hydrogens is 318 g/mol. The van der Waals surface area contributed by atoms with Crippen LogP contribution in [0.25, 0.3) is 11.1 Å². The molecule has 1 N–H and O–H groups in total. The van der Waals surface area contributed by atoms with Gasteiger partial charge in [0.2, 0.25) is 0 Å². The minimum absolute atomic E-state index is 0.193. The number of nitriles is 1. The molecule has 1 aromatic heterocycles. The third-order valence-electron chi connectivity index (χ3n) is 4.96. The van der Waals surface area contributed by atoms with Gasteiger partial charge in [0.15, 0.2) is 0 Å². The van der Waals surface area contributed by atoms with Crippen LogP contribution in [0, 0.1) is 11.3 Å². The molecule has 0 amide bonds. The van der Waals surface area contributed by atoms with Gasteiger partial charge in [-0.05, 0) is 36.1 Å². The van der Waals surface area contributed by atoms with E-state index in [1.807, 2.05) is 18.2 Å². The van der Waals surface area contributed by atoms with Crippen molar-refractivity contribution in [1.82, 2.24) is 4.98 Å². The lowest BCUT2D eigenvalue weighted by atomic mass is 9.83. The van der Waals surface area contributed by atoms with Crippen molar-refractivity contribution in [2.75, 3.05) is 38.3 Å². The Hall–Kier alpha value is -2.78. The number of aryl methyl sites for hydroxylation is 1. The molecule has 0 unspecified atom stereocenters. The van der Waals surface area contributed by atoms with Gasteiger partial charge < -0.3 is 19.4 Å². The van der Waals surface area contributed by atoms with E-state index >= 15 is 0 Å². The molecule has 25 heavy (non-hydrogen) atoms. The number of nitrogens with one attached hydrogen (secondary N) is 1. The Morgan fingerprint density at radius 2 is 2.08 bits per heavy atom. The van der Waals surface area contributed by atoms with Crippen molar-refractivity contribution >= 4 is 5.82 Å². The molecule has 6 nitrogen and oxygen atoms in total. The summed E-state index contributed by atoms with van der Waals surface area (Å²) in [6.45, 7) is 2.77. The number of hydrogen-bond acceptors (Lipinski definition) is 5. The minimum atomic E-state index is -0.327. The summed E-state index contributed by atoms with van der Waals surface area (Å²) in [4.78, 5) is 17.7. The number of anilines is 1. The maximum Gasteiger partial charge on any atom is 0.268 e. The first kappa shape index (κ1) is 15.7. The lowest BCUT2D eigenvalue weighted by molar-refractivity contribution is 0.122. The van der Waals surface area contributed by atoms with Gasteiger partial charge in [0, 0.05) is 24.2 Å². The van der Waals surface area contributed by atoms with Crippen LogP contribution >= 0.6 is 0 Å². The first-order chi connectivity index (χ1) is 12.2. The fourth-order valence-electron chi connectivity index (χ4n) is 3.74. The van der Waals surface area contributed by atoms with Crippen molar-refractivity contribution in [2.45, 2.75) is 12.8 Å². The number of aromatic nitrogens is 1. The molecule has 0 saturated carbocycles. The zero-order valence-electron chi connectivity index (χ0n) is 14.1. The second-order valence-corrected chi connectivity index (χ2v) is 6.27. The summed E-state index contributed by atoms with van der Waals surface area (Å²) < 4.78 is 10.7. The first-order valence-corrected chi connectivity index (χ1v) is 8.42. The zero-order valence-corrected chi connectivity index (χ0v) is 14.1. The van der Waals surface area contributed by atoms with E-state index < -0.39 is 0 Å². The molecule has 128 valence electrons. The maximum atomic E-state index is 12.6. The average molecular weight is 337 g/mol. The van der Waals surface area contributed by atoms with Crippen LogP contribution in [0.4, 0.5) is 5.82 Å². The molecule has 1 aliphatic carbocycles. The smallest absolute Gasteiger partial charge is 0.268 e. The fourth-order valence-corrected chi connectivity index (χ4v) is 3.74. The lowest BCUT2D eigenvalue weighted by Gasteiger charge is -2.32. The number of aromatic amines is 1. The molecule has 2 aliphatic rings. The Kier molecular flexibility index (Phi) is 3.94. The highest BCUT2D eigenvalue weighted by Crippen LogP contribution is 2.39. The molecule has 0 atom stereocenters. The molecule has 2 aromatic rings. The number of benzene rings is 1. The summed E-state index contributed by atoms with van der Waals surface area (Å²) in [6.07, 6.45) is 1.64. The number of H-pyrrole nitrogens is 1. The standard InChI is InChI=1S/C19H19N3O3/c1-24-13-3-5-14-12(10-13)2-4-15-17(14)16(11-20)19(23)21-18(15)22-6-8-25-9-7-22/h3,5,10H,2,4,6-9H2,1H3,(H,21,23). The Bertz CT molecular complexity index is 921. The topological polar surface area (TPSA) is 78.3 Å². The van der Waals surface area contributed by atoms with Gasteiger partial charge in [0.1, 0.15) is 23.2 Å². The minimum Gasteiger partial charge on any atom is -0.497 e. The largest absolute Gasteiger partial charge is 0.497 e. The second kappa shape index (κ2) is 6.26. The molecule has 1 aromatic carbocycles. The van der Waals surface area contributed by atoms with E-state index in [1.165, 1.54) is 0 Å². The monoisotopic (exact) mass is 337 g/mol. The van der Waals surface area contributed by atoms with Crippen LogP contribution in [0.1, 0.15) is 16.7 Å². The van der Waals surface area contributed by atoms with Gasteiger partial charge in [-0.25, -0.2) is 0 Å². The predicted octanol–water partition coefficient (Wildman–Crippen LogP) is 1.86. The summed E-state index contributed by atoms with van der Waals surface area (Å²) >= 11 is 0. The molecule has 2 heterocycles. The van der Waals surface area contributed by atoms with E-state index in [4.69, 9.17) is 9.47 Å². The quantitative estimate of drug-likeness (QED) is 0.905. The number of ether oxygens (including phenoxy) is 2. The van der Waals surface area contributed by atoms with E-state index in [2.05, 4.69) is 16.0 Å². The Morgan fingerprint density at radius 3 is 2.80 bits per heavy atom. The van der Waals surface area contributed by atoms with Gasteiger partial charge in [0.25, 0.3) is 5.56 Å². The van der Waals surface area contributed by atoms with Crippen molar-refractivity contribution in [3.8, 4) is 22.9 Å². The fraction of sp³-hybridized carbons (Fsp3) is 0.368. The molecule has 0 radical (unpaired) electrons. The third-order valence-corrected chi connectivity index (χ3v) is 4.96. The number of fused-ring (bicyclic) bond motifs is 3. The van der Waals surface area contributed by atoms with E-state index in [9.17, 15) is 10.1 Å². The zero-order chi connectivity index (χ0) is 17.4. The van der Waals surface area contributed by atoms with Gasteiger partial charge >= 0.3 is 0 Å². The van der Waals surface area contributed by atoms with Crippen LogP contribution < -0.4 is 15.2 Å². The average Bonchev–Trinajstić information content (AvgIpc) is 2.67. The Morgan fingerprint density at radius 1 is 1.28 bits per heavy atom. The summed E-state index contributed by atoms with van der Waals surface area (Å²) in [6, 6.07) is 7.93. The van der Waals surface area contributed by atoms with E-state index in [-0.39, 0.29) is 11.1 Å². The highest BCUT2D eigenvalue weighted by molar-refractivity contribution is 5.82. The third kappa shape index (κ3) is 2.57. The normalized spacial score (nSPS) is 15.9. The number of hydrogen-bond donors (Lipinski definition) is 1. The number of methoxy groups -OCH3 is 1. The van der Waals surface area contributed by atoms with Gasteiger partial charge in [-0.2, -0.15) is 5.26 Å². The van der Waals surface area contributed by atoms with Crippen LogP contribution in [0.2, 0.25) is 0 Å². The Labute approximate surface area is 145 Å². The number of rotatable bonds is 2. The lowest BCUT2D eigenvalue weighted by Crippen LogP contribution is -2.39. The molecule has 1 fully saturated rings. The SMILES string of the molecule is COc1ccc2c(c1)CCc1c(N3CCOCC3)[nH]c(=O)c(C#N)c1-2. The van der Waals surface area contributed by atoms with Crippen molar-refractivity contribution in [3.63, 3.8) is 0 Å². The van der Waals surface area contributed by atoms with E-state index in [0.717, 1.165) is 59.8 Å². The molecular formula is C19H19N3O3. The highest BCUT2D eigenvalue weighted by atomic mass is 16.5. The van der Waals surface area contributed by atoms with Crippen LogP contribution in [0.3, 0.4) is 0 Å². The van der Waals surface area contributed by atoms with Crippen LogP contribution in [0.5, 0.6) is 5.75 Å². The van der Waals surface area contributed by atoms with Crippen molar-refractivity contribution in [3.05, 3.63) is 45.2 Å².